The maximum absolute atomic E-state index is 11.6. The number of nitrogens with zero attached hydrogens (tertiary/aromatic N) is 5. The predicted octanol–water partition coefficient (Wildman–Crippen LogP) is 1.96. The Labute approximate surface area is 154 Å². The van der Waals surface area contributed by atoms with Gasteiger partial charge in [-0.3, -0.25) is 9.69 Å². The topological polar surface area (TPSA) is 87.1 Å². The van der Waals surface area contributed by atoms with Crippen LogP contribution in [0.15, 0.2) is 16.5 Å². The van der Waals surface area contributed by atoms with Crippen molar-refractivity contribution in [3.05, 3.63) is 34.4 Å². The molecule has 4 rings (SSSR count). The van der Waals surface area contributed by atoms with E-state index in [-0.39, 0.29) is 17.8 Å². The van der Waals surface area contributed by atoms with Crippen LogP contribution in [0.25, 0.3) is 4.96 Å². The van der Waals surface area contributed by atoms with E-state index < -0.39 is 0 Å². The van der Waals surface area contributed by atoms with E-state index in [9.17, 15) is 9.90 Å². The monoisotopic (exact) mass is 375 g/mol. The molecule has 1 saturated heterocycles. The van der Waals surface area contributed by atoms with Gasteiger partial charge in [0.05, 0.1) is 4.88 Å². The molecular weight excluding hydrogens is 354 g/mol. The molecule has 3 aromatic heterocycles. The molecule has 1 aliphatic heterocycles. The molecule has 26 heavy (non-hydrogen) atoms. The van der Waals surface area contributed by atoms with Gasteiger partial charge >= 0.3 is 0 Å². The number of furan rings is 1. The first-order chi connectivity index (χ1) is 12.4. The predicted molar refractivity (Wildman–Crippen MR) is 96.4 cm³/mol. The minimum absolute atomic E-state index is 0.0900. The molecule has 1 fully saturated rings. The zero-order chi connectivity index (χ0) is 18.4. The second-order valence-electron chi connectivity index (χ2n) is 6.54. The minimum atomic E-state index is -0.230. The lowest BCUT2D eigenvalue weighted by Gasteiger charge is -2.37. The highest BCUT2D eigenvalue weighted by atomic mass is 32.1. The van der Waals surface area contributed by atoms with Crippen LogP contribution >= 0.6 is 11.3 Å². The first-order valence-corrected chi connectivity index (χ1v) is 9.36. The van der Waals surface area contributed by atoms with Gasteiger partial charge in [0.1, 0.15) is 23.4 Å². The summed E-state index contributed by atoms with van der Waals surface area (Å²) in [5, 5.41) is 15.0. The van der Waals surface area contributed by atoms with E-state index in [1.165, 1.54) is 15.9 Å². The standard InChI is InChI=1S/C17H21N5O3S/c1-10-4-5-13(25-10)14(21-8-6-20(7-9-21)12(3)23)15-16(24)22-17(26-15)18-11(2)19-22/h4-5,14,24H,6-9H2,1-3H3/t14-/m0/s1. The van der Waals surface area contributed by atoms with Gasteiger partial charge in [0, 0.05) is 33.1 Å². The van der Waals surface area contributed by atoms with Gasteiger partial charge in [-0.05, 0) is 26.0 Å². The first kappa shape index (κ1) is 17.0. The van der Waals surface area contributed by atoms with Crippen molar-refractivity contribution >= 4 is 22.2 Å². The third kappa shape index (κ3) is 2.86. The summed E-state index contributed by atoms with van der Waals surface area (Å²) in [6.07, 6.45) is 0. The molecular formula is C17H21N5O3S. The van der Waals surface area contributed by atoms with E-state index in [4.69, 9.17) is 4.42 Å². The van der Waals surface area contributed by atoms with Crippen LogP contribution in [-0.2, 0) is 4.79 Å². The number of carbonyl (C=O) groups is 1. The van der Waals surface area contributed by atoms with Crippen molar-refractivity contribution in [3.63, 3.8) is 0 Å². The largest absolute Gasteiger partial charge is 0.492 e. The van der Waals surface area contributed by atoms with E-state index in [0.717, 1.165) is 16.4 Å². The lowest BCUT2D eigenvalue weighted by molar-refractivity contribution is -0.130. The number of hydrogen-bond acceptors (Lipinski definition) is 7. The molecule has 1 aliphatic rings. The molecule has 9 heteroatoms. The molecule has 1 amide bonds. The van der Waals surface area contributed by atoms with Crippen molar-refractivity contribution in [2.75, 3.05) is 26.2 Å². The van der Waals surface area contributed by atoms with Gasteiger partial charge in [0.25, 0.3) is 0 Å². The lowest BCUT2D eigenvalue weighted by Crippen LogP contribution is -2.49. The van der Waals surface area contributed by atoms with Crippen LogP contribution in [0, 0.1) is 13.8 Å². The zero-order valence-corrected chi connectivity index (χ0v) is 15.8. The third-order valence-electron chi connectivity index (χ3n) is 4.71. The number of aryl methyl sites for hydroxylation is 2. The number of fused-ring (bicyclic) bond motifs is 1. The van der Waals surface area contributed by atoms with Gasteiger partial charge in [0.2, 0.25) is 16.7 Å². The van der Waals surface area contributed by atoms with Crippen LogP contribution < -0.4 is 0 Å². The molecule has 1 atom stereocenters. The number of aromatic nitrogens is 3. The molecule has 4 heterocycles. The van der Waals surface area contributed by atoms with Gasteiger partial charge in [-0.15, -0.1) is 5.10 Å². The molecule has 138 valence electrons. The molecule has 0 unspecified atom stereocenters. The van der Waals surface area contributed by atoms with Crippen molar-refractivity contribution in [2.24, 2.45) is 0 Å². The fourth-order valence-electron chi connectivity index (χ4n) is 3.40. The molecule has 8 nitrogen and oxygen atoms in total. The average molecular weight is 375 g/mol. The molecule has 0 saturated carbocycles. The SMILES string of the molecule is CC(=O)N1CCN([C@@H](c2ccc(C)o2)c2sc3nc(C)nn3c2O)CC1. The Hall–Kier alpha value is -2.39. The highest BCUT2D eigenvalue weighted by molar-refractivity contribution is 7.17. The molecule has 0 radical (unpaired) electrons. The smallest absolute Gasteiger partial charge is 0.230 e. The summed E-state index contributed by atoms with van der Waals surface area (Å²) < 4.78 is 7.38. The third-order valence-corrected chi connectivity index (χ3v) is 5.78. The van der Waals surface area contributed by atoms with Gasteiger partial charge in [0.15, 0.2) is 0 Å². The van der Waals surface area contributed by atoms with E-state index in [2.05, 4.69) is 15.0 Å². The summed E-state index contributed by atoms with van der Waals surface area (Å²) in [4.78, 5) is 21.5. The van der Waals surface area contributed by atoms with Crippen molar-refractivity contribution in [1.29, 1.82) is 0 Å². The first-order valence-electron chi connectivity index (χ1n) is 8.55. The number of aromatic hydroxyl groups is 1. The van der Waals surface area contributed by atoms with Crippen molar-refractivity contribution < 1.29 is 14.3 Å². The van der Waals surface area contributed by atoms with Gasteiger partial charge < -0.3 is 14.4 Å². The highest BCUT2D eigenvalue weighted by Gasteiger charge is 2.33. The fraction of sp³-hybridized carbons (Fsp3) is 0.471. The van der Waals surface area contributed by atoms with Crippen molar-refractivity contribution in [3.8, 4) is 5.88 Å². The van der Waals surface area contributed by atoms with Crippen LogP contribution in [-0.4, -0.2) is 61.6 Å². The van der Waals surface area contributed by atoms with E-state index in [1.807, 2.05) is 24.0 Å². The number of rotatable bonds is 3. The van der Waals surface area contributed by atoms with Crippen LogP contribution in [0.5, 0.6) is 5.88 Å². The number of piperazine rings is 1. The molecule has 3 aromatic rings. The Balaban J connectivity index is 1.72. The van der Waals surface area contributed by atoms with Gasteiger partial charge in [-0.25, -0.2) is 4.98 Å². The fourth-order valence-corrected chi connectivity index (χ4v) is 4.54. The van der Waals surface area contributed by atoms with Crippen molar-refractivity contribution in [2.45, 2.75) is 26.8 Å². The summed E-state index contributed by atoms with van der Waals surface area (Å²) in [5.74, 6) is 2.40. The number of amides is 1. The lowest BCUT2D eigenvalue weighted by atomic mass is 10.1. The zero-order valence-electron chi connectivity index (χ0n) is 15.0. The Morgan fingerprint density at radius 2 is 2.00 bits per heavy atom. The molecule has 0 aromatic carbocycles. The van der Waals surface area contributed by atoms with Crippen LogP contribution in [0.1, 0.15) is 35.2 Å². The molecule has 1 N–H and O–H groups in total. The van der Waals surface area contributed by atoms with E-state index in [0.29, 0.717) is 37.0 Å². The quantitative estimate of drug-likeness (QED) is 0.753. The summed E-state index contributed by atoms with van der Waals surface area (Å²) in [6.45, 7) is 8.02. The van der Waals surface area contributed by atoms with Crippen molar-refractivity contribution in [1.82, 2.24) is 24.4 Å². The number of hydrogen-bond donors (Lipinski definition) is 1. The Bertz CT molecular complexity index is 951. The Morgan fingerprint density at radius 1 is 1.27 bits per heavy atom. The van der Waals surface area contributed by atoms with Gasteiger partial charge in [-0.1, -0.05) is 11.3 Å². The number of carbonyl (C=O) groups excluding carboxylic acids is 1. The van der Waals surface area contributed by atoms with Crippen LogP contribution in [0.2, 0.25) is 0 Å². The highest BCUT2D eigenvalue weighted by Crippen LogP contribution is 2.40. The summed E-state index contributed by atoms with van der Waals surface area (Å²) in [6, 6.07) is 3.64. The second kappa shape index (κ2) is 6.40. The van der Waals surface area contributed by atoms with E-state index in [1.54, 1.807) is 13.8 Å². The Morgan fingerprint density at radius 3 is 2.58 bits per heavy atom. The van der Waals surface area contributed by atoms with Crippen LogP contribution in [0.3, 0.4) is 0 Å². The summed E-state index contributed by atoms with van der Waals surface area (Å²) in [5.41, 5.74) is 0. The minimum Gasteiger partial charge on any atom is -0.492 e. The molecule has 0 spiro atoms. The second-order valence-corrected chi connectivity index (χ2v) is 7.55. The average Bonchev–Trinajstić information content (AvgIpc) is 3.26. The van der Waals surface area contributed by atoms with Gasteiger partial charge in [-0.2, -0.15) is 4.52 Å². The summed E-state index contributed by atoms with van der Waals surface area (Å²) >= 11 is 1.41. The summed E-state index contributed by atoms with van der Waals surface area (Å²) in [7, 11) is 0. The normalized spacial score (nSPS) is 17.1. The van der Waals surface area contributed by atoms with Crippen LogP contribution in [0.4, 0.5) is 0 Å². The van der Waals surface area contributed by atoms with E-state index >= 15 is 0 Å². The maximum atomic E-state index is 11.6. The number of thiazole rings is 1. The maximum Gasteiger partial charge on any atom is 0.230 e. The molecule has 0 bridgehead atoms. The molecule has 0 aliphatic carbocycles. The Kier molecular flexibility index (Phi) is 4.20.